The Bertz CT molecular complexity index is 453. The van der Waals surface area contributed by atoms with Crippen LogP contribution in [0, 0.1) is 6.92 Å². The van der Waals surface area contributed by atoms with Crippen LogP contribution < -0.4 is 5.32 Å². The van der Waals surface area contributed by atoms with Gasteiger partial charge in [0.15, 0.2) is 10.8 Å². The molecule has 1 saturated carbocycles. The number of hydrogen-bond donors (Lipinski definition) is 2. The molecule has 0 atom stereocenters. The Labute approximate surface area is 122 Å². The first-order valence-corrected chi connectivity index (χ1v) is 8.60. The highest BCUT2D eigenvalue weighted by Crippen LogP contribution is 2.39. The van der Waals surface area contributed by atoms with Gasteiger partial charge in [0.05, 0.1) is 0 Å². The molecule has 0 unspecified atom stereocenters. The second kappa shape index (κ2) is 6.13. The Morgan fingerprint density at radius 3 is 2.68 bits per heavy atom. The van der Waals surface area contributed by atoms with Crippen LogP contribution in [-0.4, -0.2) is 33.6 Å². The van der Waals surface area contributed by atoms with Crippen molar-refractivity contribution in [3.8, 4) is 0 Å². The van der Waals surface area contributed by atoms with Gasteiger partial charge in [0.2, 0.25) is 0 Å². The van der Waals surface area contributed by atoms with Gasteiger partial charge < -0.3 is 10.4 Å². The van der Waals surface area contributed by atoms with Crippen molar-refractivity contribution in [3.05, 3.63) is 10.6 Å². The lowest BCUT2D eigenvalue weighted by atomic mass is 9.88. The molecule has 0 spiro atoms. The van der Waals surface area contributed by atoms with Crippen LogP contribution in [0.2, 0.25) is 0 Å². The first-order chi connectivity index (χ1) is 9.06. The predicted molar refractivity (Wildman–Crippen MR) is 81.6 cm³/mol. The minimum atomic E-state index is -0.945. The van der Waals surface area contributed by atoms with Gasteiger partial charge in [0, 0.05) is 16.2 Å². The van der Waals surface area contributed by atoms with E-state index in [1.807, 2.05) is 11.8 Å². The van der Waals surface area contributed by atoms with E-state index < -0.39 is 5.97 Å². The minimum Gasteiger partial charge on any atom is -0.476 e. The molecule has 1 aliphatic carbocycles. The third-order valence-electron chi connectivity index (χ3n) is 3.76. The molecule has 0 radical (unpaired) electrons. The Hall–Kier alpha value is -0.750. The number of thioether (sulfide) groups is 1. The van der Waals surface area contributed by atoms with Gasteiger partial charge in [-0.05, 0) is 26.0 Å². The fraction of sp³-hybridized carbons (Fsp3) is 0.692. The molecule has 106 valence electrons. The third kappa shape index (κ3) is 3.42. The zero-order chi connectivity index (χ0) is 13.9. The van der Waals surface area contributed by atoms with E-state index in [1.54, 1.807) is 6.92 Å². The van der Waals surface area contributed by atoms with Crippen LogP contribution in [0.5, 0.6) is 0 Å². The lowest BCUT2D eigenvalue weighted by Crippen LogP contribution is -2.35. The van der Waals surface area contributed by atoms with Gasteiger partial charge in [-0.2, -0.15) is 11.8 Å². The van der Waals surface area contributed by atoms with Crippen molar-refractivity contribution < 1.29 is 9.90 Å². The second-order valence-electron chi connectivity index (χ2n) is 5.03. The molecule has 4 nitrogen and oxygen atoms in total. The van der Waals surface area contributed by atoms with E-state index >= 15 is 0 Å². The molecular weight excluding hydrogens is 280 g/mol. The highest BCUT2D eigenvalue weighted by molar-refractivity contribution is 8.00. The molecule has 1 aromatic heterocycles. The van der Waals surface area contributed by atoms with Gasteiger partial charge in [0.1, 0.15) is 0 Å². The first-order valence-electron chi connectivity index (χ1n) is 6.56. The molecule has 1 heterocycles. The maximum atomic E-state index is 11.0. The summed E-state index contributed by atoms with van der Waals surface area (Å²) < 4.78 is 0.293. The van der Waals surface area contributed by atoms with Gasteiger partial charge in [-0.3, -0.25) is 0 Å². The molecule has 0 amide bonds. The van der Waals surface area contributed by atoms with Crippen LogP contribution in [0.15, 0.2) is 0 Å². The van der Waals surface area contributed by atoms with Gasteiger partial charge in [-0.25, -0.2) is 9.78 Å². The summed E-state index contributed by atoms with van der Waals surface area (Å²) in [5.41, 5.74) is 0.175. The van der Waals surface area contributed by atoms with Crippen LogP contribution in [0.25, 0.3) is 0 Å². The molecular formula is C13H20N2O2S2. The summed E-state index contributed by atoms with van der Waals surface area (Å²) in [7, 11) is 0. The molecule has 0 bridgehead atoms. The minimum absolute atomic E-state index is 0.175. The highest BCUT2D eigenvalue weighted by atomic mass is 32.2. The third-order valence-corrected chi connectivity index (χ3v) is 6.11. The number of hydrogen-bond acceptors (Lipinski definition) is 5. The topological polar surface area (TPSA) is 62.2 Å². The molecule has 0 aromatic carbocycles. The molecule has 1 fully saturated rings. The van der Waals surface area contributed by atoms with Crippen LogP contribution in [-0.2, 0) is 0 Å². The Morgan fingerprint density at radius 2 is 2.16 bits per heavy atom. The summed E-state index contributed by atoms with van der Waals surface area (Å²) in [5, 5.41) is 13.1. The van der Waals surface area contributed by atoms with E-state index in [9.17, 15) is 4.79 Å². The van der Waals surface area contributed by atoms with Crippen molar-refractivity contribution >= 4 is 34.2 Å². The number of aromatic carboxylic acids is 1. The first kappa shape index (κ1) is 14.7. The average molecular weight is 300 g/mol. The monoisotopic (exact) mass is 300 g/mol. The number of nitrogens with one attached hydrogen (secondary N) is 1. The number of anilines is 1. The van der Waals surface area contributed by atoms with Crippen LogP contribution in [0.3, 0.4) is 0 Å². The maximum absolute atomic E-state index is 11.0. The summed E-state index contributed by atoms with van der Waals surface area (Å²) in [5.74, 6) is -0.945. The summed E-state index contributed by atoms with van der Waals surface area (Å²) in [4.78, 5) is 15.9. The second-order valence-corrected chi connectivity index (χ2v) is 7.51. The van der Waals surface area contributed by atoms with Crippen molar-refractivity contribution in [2.24, 2.45) is 0 Å². The Morgan fingerprint density at radius 1 is 1.47 bits per heavy atom. The molecule has 1 aromatic rings. The standard InChI is InChI=1S/C13H20N2O2S2/c1-9-10(11(16)17)15-12(19-9)14-8-13(18-2)6-4-3-5-7-13/h3-8H2,1-2H3,(H,14,15)(H,16,17). The van der Waals surface area contributed by atoms with Gasteiger partial charge in [0.25, 0.3) is 0 Å². The van der Waals surface area contributed by atoms with Crippen molar-refractivity contribution in [3.63, 3.8) is 0 Å². The maximum Gasteiger partial charge on any atom is 0.355 e. The smallest absolute Gasteiger partial charge is 0.355 e. The predicted octanol–water partition coefficient (Wildman–Crippen LogP) is 3.63. The van der Waals surface area contributed by atoms with E-state index in [1.165, 1.54) is 43.4 Å². The number of carboxylic acid groups (broad SMARTS) is 1. The molecule has 2 N–H and O–H groups in total. The zero-order valence-corrected chi connectivity index (χ0v) is 13.0. The molecule has 6 heteroatoms. The van der Waals surface area contributed by atoms with Gasteiger partial charge >= 0.3 is 5.97 Å². The Kier molecular flexibility index (Phi) is 4.73. The lowest BCUT2D eigenvalue weighted by Gasteiger charge is -2.35. The molecule has 19 heavy (non-hydrogen) atoms. The van der Waals surface area contributed by atoms with Crippen molar-refractivity contribution in [1.29, 1.82) is 0 Å². The number of thiazole rings is 1. The SMILES string of the molecule is CSC1(CNc2nc(C(=O)O)c(C)s2)CCCCC1. The lowest BCUT2D eigenvalue weighted by molar-refractivity contribution is 0.0690. The number of carbonyl (C=O) groups is 1. The van der Waals surface area contributed by atoms with Crippen LogP contribution in [0.4, 0.5) is 5.13 Å². The van der Waals surface area contributed by atoms with E-state index in [4.69, 9.17) is 5.11 Å². The van der Waals surface area contributed by atoms with E-state index in [-0.39, 0.29) is 5.69 Å². The molecule has 0 aliphatic heterocycles. The van der Waals surface area contributed by atoms with Crippen molar-refractivity contribution in [1.82, 2.24) is 4.98 Å². The number of carboxylic acids is 1. The largest absolute Gasteiger partial charge is 0.476 e. The number of aromatic nitrogens is 1. The normalized spacial score (nSPS) is 18.2. The van der Waals surface area contributed by atoms with E-state index in [2.05, 4.69) is 16.6 Å². The Balaban J connectivity index is 2.01. The molecule has 2 rings (SSSR count). The summed E-state index contributed by atoms with van der Waals surface area (Å²) >= 11 is 3.36. The quantitative estimate of drug-likeness (QED) is 0.869. The summed E-state index contributed by atoms with van der Waals surface area (Å²) in [6.07, 6.45) is 8.55. The van der Waals surface area contributed by atoms with Gasteiger partial charge in [-0.1, -0.05) is 19.3 Å². The highest BCUT2D eigenvalue weighted by Gasteiger charge is 2.31. The van der Waals surface area contributed by atoms with Crippen LogP contribution >= 0.6 is 23.1 Å². The van der Waals surface area contributed by atoms with Gasteiger partial charge in [-0.15, -0.1) is 11.3 Å². The zero-order valence-electron chi connectivity index (χ0n) is 11.4. The summed E-state index contributed by atoms with van der Waals surface area (Å²) in [6, 6.07) is 0. The summed E-state index contributed by atoms with van der Waals surface area (Å²) in [6.45, 7) is 2.68. The van der Waals surface area contributed by atoms with E-state index in [0.29, 0.717) is 4.75 Å². The average Bonchev–Trinajstić information content (AvgIpc) is 2.79. The number of aryl methyl sites for hydroxylation is 1. The number of nitrogens with zero attached hydrogens (tertiary/aromatic N) is 1. The number of rotatable bonds is 5. The van der Waals surface area contributed by atoms with E-state index in [0.717, 1.165) is 16.6 Å². The van der Waals surface area contributed by atoms with Crippen LogP contribution in [0.1, 0.15) is 47.5 Å². The fourth-order valence-electron chi connectivity index (χ4n) is 2.56. The molecule has 0 saturated heterocycles. The molecule has 1 aliphatic rings. The van der Waals surface area contributed by atoms with Crippen molar-refractivity contribution in [2.75, 3.05) is 18.1 Å². The van der Waals surface area contributed by atoms with Crippen molar-refractivity contribution in [2.45, 2.75) is 43.8 Å². The fourth-order valence-corrected chi connectivity index (χ4v) is 4.27.